The zero-order valence-corrected chi connectivity index (χ0v) is 25.1. The fourth-order valence-electron chi connectivity index (χ4n) is 5.13. The summed E-state index contributed by atoms with van der Waals surface area (Å²) in [5.41, 5.74) is 8.37. The molecule has 6 aromatic carbocycles. The second kappa shape index (κ2) is 13.7. The smallest absolute Gasteiger partial charge is 0.138 e. The van der Waals surface area contributed by atoms with E-state index in [0.29, 0.717) is 13.2 Å². The van der Waals surface area contributed by atoms with Gasteiger partial charge < -0.3 is 19.4 Å². The molecule has 6 heteroatoms. The van der Waals surface area contributed by atoms with Crippen LogP contribution in [0.25, 0.3) is 44.8 Å². The normalized spacial score (nSPS) is 10.8. The van der Waals surface area contributed by atoms with E-state index in [2.05, 4.69) is 44.2 Å². The van der Waals surface area contributed by atoms with Gasteiger partial charge in [0.1, 0.15) is 36.4 Å². The minimum Gasteiger partial charge on any atom is -0.489 e. The van der Waals surface area contributed by atoms with Crippen LogP contribution in [0.1, 0.15) is 11.1 Å². The fourth-order valence-corrected chi connectivity index (χ4v) is 5.13. The van der Waals surface area contributed by atoms with Crippen LogP contribution < -0.4 is 9.47 Å². The summed E-state index contributed by atoms with van der Waals surface area (Å²) in [5.74, 6) is 3.39. The predicted molar refractivity (Wildman–Crippen MR) is 185 cm³/mol. The van der Waals surface area contributed by atoms with Crippen molar-refractivity contribution >= 4 is 22.1 Å². The molecule has 0 fully saturated rings. The lowest BCUT2D eigenvalue weighted by Crippen LogP contribution is -1.95. The van der Waals surface area contributed by atoms with Crippen molar-refractivity contribution in [3.05, 3.63) is 169 Å². The van der Waals surface area contributed by atoms with Gasteiger partial charge in [-0.3, -0.25) is 0 Å². The highest BCUT2D eigenvalue weighted by Crippen LogP contribution is 2.26. The van der Waals surface area contributed by atoms with Crippen molar-refractivity contribution in [2.75, 3.05) is 0 Å². The lowest BCUT2D eigenvalue weighted by Gasteiger charge is -2.07. The number of para-hydroxylation sites is 4. The summed E-state index contributed by atoms with van der Waals surface area (Å²) in [7, 11) is 0. The Labute approximate surface area is 267 Å². The second-order valence-electron chi connectivity index (χ2n) is 10.8. The van der Waals surface area contributed by atoms with Gasteiger partial charge in [0.05, 0.1) is 22.1 Å². The molecule has 0 amide bonds. The molecule has 0 bridgehead atoms. The molecule has 0 saturated carbocycles. The first kappa shape index (κ1) is 28.6. The number of rotatable bonds is 8. The second-order valence-corrected chi connectivity index (χ2v) is 10.8. The maximum absolute atomic E-state index is 5.89. The van der Waals surface area contributed by atoms with Crippen molar-refractivity contribution in [2.24, 2.45) is 0 Å². The topological polar surface area (TPSA) is 75.8 Å². The largest absolute Gasteiger partial charge is 0.489 e. The Morgan fingerprint density at radius 2 is 0.826 bits per heavy atom. The first-order valence-electron chi connectivity index (χ1n) is 15.2. The Morgan fingerprint density at radius 3 is 1.26 bits per heavy atom. The van der Waals surface area contributed by atoms with Gasteiger partial charge in [0.25, 0.3) is 0 Å². The number of nitrogens with one attached hydrogen (secondary N) is 2. The number of imidazole rings is 2. The molecule has 0 radical (unpaired) electrons. The van der Waals surface area contributed by atoms with E-state index in [1.54, 1.807) is 0 Å². The van der Waals surface area contributed by atoms with Crippen LogP contribution in [-0.4, -0.2) is 19.9 Å². The number of H-pyrrole nitrogens is 2. The van der Waals surface area contributed by atoms with Crippen molar-refractivity contribution in [1.29, 1.82) is 0 Å². The highest BCUT2D eigenvalue weighted by Gasteiger charge is 2.07. The monoisotopic (exact) mass is 600 g/mol. The summed E-state index contributed by atoms with van der Waals surface area (Å²) in [4.78, 5) is 16.0. The molecular formula is C40H32N4O2. The number of hydrogen-bond donors (Lipinski definition) is 2. The third-order valence-electron chi connectivity index (χ3n) is 7.49. The predicted octanol–water partition coefficient (Wildman–Crippen LogP) is 9.62. The number of hydrogen-bond acceptors (Lipinski definition) is 4. The summed E-state index contributed by atoms with van der Waals surface area (Å²) in [5, 5.41) is 0. The number of ether oxygens (including phenoxy) is 2. The Balaban J connectivity index is 0.000000147. The van der Waals surface area contributed by atoms with Crippen LogP contribution in [0, 0.1) is 0 Å². The number of benzene rings is 6. The minimum absolute atomic E-state index is 0.560. The molecule has 8 aromatic rings. The number of aromatic amines is 2. The summed E-state index contributed by atoms with van der Waals surface area (Å²) < 4.78 is 11.8. The van der Waals surface area contributed by atoms with Gasteiger partial charge in [0.2, 0.25) is 0 Å². The average molecular weight is 601 g/mol. The molecule has 46 heavy (non-hydrogen) atoms. The van der Waals surface area contributed by atoms with Gasteiger partial charge in [-0.05, 0) is 59.7 Å². The van der Waals surface area contributed by atoms with Crippen molar-refractivity contribution in [3.63, 3.8) is 0 Å². The Bertz CT molecular complexity index is 1950. The molecule has 2 aromatic heterocycles. The Kier molecular flexibility index (Phi) is 8.50. The maximum Gasteiger partial charge on any atom is 0.138 e. The van der Waals surface area contributed by atoms with Gasteiger partial charge in [0, 0.05) is 11.1 Å². The molecule has 224 valence electrons. The van der Waals surface area contributed by atoms with Gasteiger partial charge in [0.15, 0.2) is 0 Å². The van der Waals surface area contributed by atoms with Crippen LogP contribution in [0.4, 0.5) is 0 Å². The van der Waals surface area contributed by atoms with E-state index in [1.807, 2.05) is 133 Å². The molecule has 0 unspecified atom stereocenters. The van der Waals surface area contributed by atoms with E-state index < -0.39 is 0 Å². The van der Waals surface area contributed by atoms with Crippen molar-refractivity contribution in [2.45, 2.75) is 13.2 Å². The molecule has 0 spiro atoms. The Morgan fingerprint density at radius 1 is 0.413 bits per heavy atom. The average Bonchev–Trinajstić information content (AvgIpc) is 3.77. The fraction of sp³-hybridized carbons (Fsp3) is 0.0500. The molecule has 0 saturated heterocycles. The quantitative estimate of drug-likeness (QED) is 0.182. The van der Waals surface area contributed by atoms with E-state index in [-0.39, 0.29) is 0 Å². The number of aromatic nitrogens is 4. The van der Waals surface area contributed by atoms with Crippen molar-refractivity contribution < 1.29 is 9.47 Å². The van der Waals surface area contributed by atoms with E-state index in [1.165, 1.54) is 0 Å². The van der Waals surface area contributed by atoms with Gasteiger partial charge in [-0.25, -0.2) is 9.97 Å². The highest BCUT2D eigenvalue weighted by atomic mass is 16.5. The molecule has 0 aliphatic carbocycles. The van der Waals surface area contributed by atoms with Gasteiger partial charge in [-0.2, -0.15) is 0 Å². The lowest BCUT2D eigenvalue weighted by molar-refractivity contribution is 0.306. The molecule has 8 rings (SSSR count). The van der Waals surface area contributed by atoms with Gasteiger partial charge in [-0.15, -0.1) is 0 Å². The zero-order chi connectivity index (χ0) is 31.0. The third kappa shape index (κ3) is 6.98. The van der Waals surface area contributed by atoms with Crippen LogP contribution in [0.5, 0.6) is 11.5 Å². The van der Waals surface area contributed by atoms with E-state index in [4.69, 9.17) is 9.47 Å². The SMILES string of the molecule is c1ccc(COc2cccc(-c3nc4ccccc4[nH]3)c2)cc1.c1ccc(COc2cccc(-c3nc4ccccc4[nH]3)c2)cc1. The summed E-state index contributed by atoms with van der Waals surface area (Å²) in [6.45, 7) is 1.12. The van der Waals surface area contributed by atoms with Crippen molar-refractivity contribution in [1.82, 2.24) is 19.9 Å². The van der Waals surface area contributed by atoms with Crippen LogP contribution >= 0.6 is 0 Å². The highest BCUT2D eigenvalue weighted by molar-refractivity contribution is 5.80. The third-order valence-corrected chi connectivity index (χ3v) is 7.49. The van der Waals surface area contributed by atoms with E-state index >= 15 is 0 Å². The minimum atomic E-state index is 0.560. The van der Waals surface area contributed by atoms with Crippen LogP contribution in [-0.2, 0) is 13.2 Å². The molecule has 0 aliphatic heterocycles. The summed E-state index contributed by atoms with van der Waals surface area (Å²) in [6, 6.07) is 52.4. The maximum atomic E-state index is 5.89. The van der Waals surface area contributed by atoms with Crippen molar-refractivity contribution in [3.8, 4) is 34.3 Å². The molecule has 2 heterocycles. The molecule has 0 aliphatic rings. The number of fused-ring (bicyclic) bond motifs is 2. The zero-order valence-electron chi connectivity index (χ0n) is 25.1. The van der Waals surface area contributed by atoms with Gasteiger partial charge >= 0.3 is 0 Å². The van der Waals surface area contributed by atoms with E-state index in [0.717, 1.165) is 67.5 Å². The van der Waals surface area contributed by atoms with E-state index in [9.17, 15) is 0 Å². The van der Waals surface area contributed by atoms with Crippen LogP contribution in [0.15, 0.2) is 158 Å². The lowest BCUT2D eigenvalue weighted by atomic mass is 10.2. The van der Waals surface area contributed by atoms with Gasteiger partial charge in [-0.1, -0.05) is 109 Å². The van der Waals surface area contributed by atoms with Crippen LogP contribution in [0.2, 0.25) is 0 Å². The first-order chi connectivity index (χ1) is 22.8. The van der Waals surface area contributed by atoms with Crippen LogP contribution in [0.3, 0.4) is 0 Å². The molecular weight excluding hydrogens is 568 g/mol. The molecule has 2 N–H and O–H groups in total. The first-order valence-corrected chi connectivity index (χ1v) is 15.2. The Hall–Kier alpha value is -6.14. The number of nitrogens with zero attached hydrogens (tertiary/aromatic N) is 2. The standard InChI is InChI=1S/2C20H16N2O/c2*1-2-7-15(8-3-1)14-23-17-10-6-9-16(13-17)20-21-18-11-4-5-12-19(18)22-20/h2*1-13H,14H2,(H,21,22). The summed E-state index contributed by atoms with van der Waals surface area (Å²) in [6.07, 6.45) is 0. The molecule has 6 nitrogen and oxygen atoms in total. The molecule has 0 atom stereocenters. The summed E-state index contributed by atoms with van der Waals surface area (Å²) >= 11 is 0.